The highest BCUT2D eigenvalue weighted by molar-refractivity contribution is 8.02. The van der Waals surface area contributed by atoms with Crippen LogP contribution < -0.4 is 10.5 Å². The highest BCUT2D eigenvalue weighted by Crippen LogP contribution is 2.29. The number of ether oxygens (including phenoxy) is 1. The second-order valence-corrected chi connectivity index (χ2v) is 7.09. The average Bonchev–Trinajstić information content (AvgIpc) is 2.58. The van der Waals surface area contributed by atoms with Gasteiger partial charge in [-0.15, -0.1) is 11.8 Å². The average molecular weight is 396 g/mol. The summed E-state index contributed by atoms with van der Waals surface area (Å²) >= 11 is 12.9. The van der Waals surface area contributed by atoms with Crippen molar-refractivity contribution in [1.82, 2.24) is 0 Å². The lowest BCUT2D eigenvalue weighted by molar-refractivity contribution is 0.225. The molecule has 0 radical (unpaired) electrons. The third kappa shape index (κ3) is 6.31. The van der Waals surface area contributed by atoms with Crippen LogP contribution in [0.5, 0.6) is 5.75 Å². The van der Waals surface area contributed by atoms with Crippen LogP contribution in [0.15, 0.2) is 47.9 Å². The molecule has 2 rings (SSSR count). The maximum Gasteiger partial charge on any atom is 0.409 e. The number of carbonyl (C=O) groups is 1. The molecule has 2 aromatic carbocycles. The maximum atomic E-state index is 10.7. The Hall–Kier alpha value is -1.62. The number of rotatable bonds is 7. The van der Waals surface area contributed by atoms with Gasteiger partial charge >= 0.3 is 5.43 Å². The van der Waals surface area contributed by atoms with E-state index in [0.29, 0.717) is 22.4 Å². The Morgan fingerprint density at radius 2 is 2.00 bits per heavy atom. The normalized spacial score (nSPS) is 12.3. The molecule has 2 aromatic rings. The fourth-order valence-electron chi connectivity index (χ4n) is 2.30. The molecule has 1 unspecified atom stereocenters. The molecule has 0 amide bonds. The van der Waals surface area contributed by atoms with Crippen molar-refractivity contribution in [2.75, 3.05) is 11.5 Å². The Bertz CT molecular complexity index is 748. The molecule has 25 heavy (non-hydrogen) atoms. The van der Waals surface area contributed by atoms with Crippen molar-refractivity contribution < 1.29 is 9.53 Å². The Morgan fingerprint density at radius 1 is 1.28 bits per heavy atom. The highest BCUT2D eigenvalue weighted by Gasteiger charge is 2.10. The number of nitrogen functional groups attached to an aromatic ring is 1. The van der Waals surface area contributed by atoms with E-state index in [-0.39, 0.29) is 0 Å². The van der Waals surface area contributed by atoms with Crippen LogP contribution in [0.2, 0.25) is 5.02 Å². The van der Waals surface area contributed by atoms with E-state index >= 15 is 0 Å². The minimum absolute atomic E-state index is 0.416. The zero-order valence-electron chi connectivity index (χ0n) is 13.7. The van der Waals surface area contributed by atoms with Crippen LogP contribution in [-0.4, -0.2) is 11.2 Å². The molecule has 0 aliphatic rings. The number of hydrogen-bond donors (Lipinski definition) is 1. The van der Waals surface area contributed by atoms with E-state index in [9.17, 15) is 4.79 Å². The number of nitrogens with two attached hydrogens (primary N) is 1. The molecule has 0 aliphatic heterocycles. The quantitative estimate of drug-likeness (QED) is 0.425. The topological polar surface area (TPSA) is 52.3 Å². The van der Waals surface area contributed by atoms with E-state index in [0.717, 1.165) is 17.7 Å². The molecule has 1 atom stereocenters. The minimum atomic E-state index is -0.840. The van der Waals surface area contributed by atoms with Crippen molar-refractivity contribution in [3.8, 4) is 5.75 Å². The van der Waals surface area contributed by atoms with Crippen molar-refractivity contribution in [3.05, 3.63) is 64.0 Å². The third-order valence-electron chi connectivity index (χ3n) is 3.72. The largest absolute Gasteiger partial charge is 0.415 e. The van der Waals surface area contributed by atoms with Gasteiger partial charge in [0.2, 0.25) is 0 Å². The molecule has 0 saturated carbocycles. The van der Waals surface area contributed by atoms with E-state index < -0.39 is 5.43 Å². The van der Waals surface area contributed by atoms with Gasteiger partial charge in [0.05, 0.1) is 10.7 Å². The first kappa shape index (κ1) is 19.7. The standard InChI is InChI=1S/C19H19Cl2NO2S/c1-2-14(15-5-8-17(20)18(22)11-15)12-25-10-9-13-3-6-16(7-4-13)24-19(21)23/h3-11,14H,2,12,22H2,1H3/b10-9+. The number of anilines is 1. The fraction of sp³-hybridized carbons (Fsp3) is 0.211. The van der Waals surface area contributed by atoms with Gasteiger partial charge in [0.1, 0.15) is 5.75 Å². The van der Waals surface area contributed by atoms with Crippen LogP contribution in [0.4, 0.5) is 10.5 Å². The predicted octanol–water partition coefficient (Wildman–Crippen LogP) is 6.56. The molecule has 2 N–H and O–H groups in total. The number of benzene rings is 2. The number of carbonyl (C=O) groups excluding carboxylic acids is 1. The molecule has 6 heteroatoms. The molecule has 132 valence electrons. The monoisotopic (exact) mass is 395 g/mol. The van der Waals surface area contributed by atoms with E-state index in [1.54, 1.807) is 23.9 Å². The van der Waals surface area contributed by atoms with Gasteiger partial charge < -0.3 is 10.5 Å². The number of thioether (sulfide) groups is 1. The summed E-state index contributed by atoms with van der Waals surface area (Å²) in [5.74, 6) is 1.80. The van der Waals surface area contributed by atoms with Crippen molar-refractivity contribution in [1.29, 1.82) is 0 Å². The summed E-state index contributed by atoms with van der Waals surface area (Å²) in [5, 5.41) is 2.65. The molecule has 0 bridgehead atoms. The smallest absolute Gasteiger partial charge is 0.409 e. The number of hydrogen-bond acceptors (Lipinski definition) is 4. The van der Waals surface area contributed by atoms with Crippen LogP contribution in [0.25, 0.3) is 6.08 Å². The third-order valence-corrected chi connectivity index (χ3v) is 5.06. The van der Waals surface area contributed by atoms with Crippen molar-refractivity contribution in [2.24, 2.45) is 0 Å². The summed E-state index contributed by atoms with van der Waals surface area (Å²) < 4.78 is 4.79. The molecular formula is C19H19Cl2NO2S. The predicted molar refractivity (Wildman–Crippen MR) is 109 cm³/mol. The highest BCUT2D eigenvalue weighted by atomic mass is 35.5. The van der Waals surface area contributed by atoms with Crippen molar-refractivity contribution >= 4 is 52.2 Å². The first-order valence-electron chi connectivity index (χ1n) is 7.80. The zero-order chi connectivity index (χ0) is 18.2. The zero-order valence-corrected chi connectivity index (χ0v) is 16.1. The molecule has 0 spiro atoms. The Morgan fingerprint density at radius 3 is 2.60 bits per heavy atom. The Balaban J connectivity index is 1.90. The van der Waals surface area contributed by atoms with Crippen molar-refractivity contribution in [2.45, 2.75) is 19.3 Å². The van der Waals surface area contributed by atoms with Crippen LogP contribution in [-0.2, 0) is 0 Å². The van der Waals surface area contributed by atoms with Gasteiger partial charge in [-0.05, 0) is 59.2 Å². The van der Waals surface area contributed by atoms with E-state index in [1.807, 2.05) is 36.4 Å². The summed E-state index contributed by atoms with van der Waals surface area (Å²) in [6.45, 7) is 2.16. The first-order chi connectivity index (χ1) is 12.0. The van der Waals surface area contributed by atoms with Gasteiger partial charge in [-0.3, -0.25) is 0 Å². The fourth-order valence-corrected chi connectivity index (χ4v) is 3.54. The maximum absolute atomic E-state index is 10.7. The van der Waals surface area contributed by atoms with Gasteiger partial charge in [0, 0.05) is 17.4 Å². The summed E-state index contributed by atoms with van der Waals surface area (Å²) in [4.78, 5) is 10.7. The van der Waals surface area contributed by atoms with Gasteiger partial charge in [0.15, 0.2) is 0 Å². The minimum Gasteiger partial charge on any atom is -0.415 e. The Kier molecular flexibility index (Phi) is 7.69. The van der Waals surface area contributed by atoms with Gasteiger partial charge in [-0.2, -0.15) is 0 Å². The van der Waals surface area contributed by atoms with E-state index in [1.165, 1.54) is 5.56 Å². The summed E-state index contributed by atoms with van der Waals surface area (Å²) in [5.41, 5.74) is 7.90. The van der Waals surface area contributed by atoms with Crippen LogP contribution in [0.1, 0.15) is 30.4 Å². The molecule has 0 aliphatic carbocycles. The lowest BCUT2D eigenvalue weighted by Gasteiger charge is -2.15. The first-order valence-corrected chi connectivity index (χ1v) is 9.60. The lowest BCUT2D eigenvalue weighted by atomic mass is 9.98. The molecule has 0 heterocycles. The molecule has 0 fully saturated rings. The van der Waals surface area contributed by atoms with Crippen LogP contribution in [0, 0.1) is 0 Å². The van der Waals surface area contributed by atoms with Crippen molar-refractivity contribution in [3.63, 3.8) is 0 Å². The summed E-state index contributed by atoms with van der Waals surface area (Å²) in [6.07, 6.45) is 3.04. The second kappa shape index (κ2) is 9.76. The van der Waals surface area contributed by atoms with Gasteiger partial charge in [0.25, 0.3) is 0 Å². The number of halogens is 2. The van der Waals surface area contributed by atoms with E-state index in [4.69, 9.17) is 33.7 Å². The lowest BCUT2D eigenvalue weighted by Crippen LogP contribution is -2.01. The van der Waals surface area contributed by atoms with Gasteiger partial charge in [-0.1, -0.05) is 36.7 Å². The van der Waals surface area contributed by atoms with E-state index in [2.05, 4.69) is 12.3 Å². The Labute approximate surface area is 162 Å². The van der Waals surface area contributed by atoms with Crippen LogP contribution in [0.3, 0.4) is 0 Å². The SMILES string of the molecule is CCC(CS/C=C/c1ccc(OC(=O)Cl)cc1)c1ccc(Cl)c(N)c1. The molecule has 3 nitrogen and oxygen atoms in total. The molecule has 0 saturated heterocycles. The second-order valence-electron chi connectivity index (χ2n) is 5.43. The van der Waals surface area contributed by atoms with Crippen LogP contribution >= 0.6 is 35.0 Å². The van der Waals surface area contributed by atoms with Gasteiger partial charge in [-0.25, -0.2) is 4.79 Å². The molecule has 0 aromatic heterocycles. The molecular weight excluding hydrogens is 377 g/mol. The summed E-state index contributed by atoms with van der Waals surface area (Å²) in [6, 6.07) is 13.0. The summed E-state index contributed by atoms with van der Waals surface area (Å²) in [7, 11) is 0.